The molecule has 1 aromatic heterocycles. The first-order chi connectivity index (χ1) is 15.1. The molecule has 1 N–H and O–H groups in total. The summed E-state index contributed by atoms with van der Waals surface area (Å²) in [6.45, 7) is 8.37. The molecule has 6 nitrogen and oxygen atoms in total. The zero-order valence-corrected chi connectivity index (χ0v) is 17.6. The van der Waals surface area contributed by atoms with Crippen LogP contribution in [0.3, 0.4) is 0 Å². The van der Waals surface area contributed by atoms with E-state index in [1.807, 2.05) is 74.6 Å². The fourth-order valence-corrected chi connectivity index (χ4v) is 3.11. The van der Waals surface area contributed by atoms with Crippen molar-refractivity contribution in [1.29, 1.82) is 5.26 Å². The average molecular weight is 412 g/mol. The first kappa shape index (κ1) is 21.6. The van der Waals surface area contributed by atoms with E-state index in [1.54, 1.807) is 16.8 Å². The zero-order chi connectivity index (χ0) is 22.2. The number of para-hydroxylation sites is 1. The number of carbonyl (C=O) groups excluding carboxylic acids is 1. The first-order valence-electron chi connectivity index (χ1n) is 9.97. The van der Waals surface area contributed by atoms with E-state index in [-0.39, 0.29) is 12.1 Å². The van der Waals surface area contributed by atoms with Gasteiger partial charge in [0.1, 0.15) is 23.1 Å². The van der Waals surface area contributed by atoms with E-state index in [1.165, 1.54) is 0 Å². The summed E-state index contributed by atoms with van der Waals surface area (Å²) < 4.78 is 7.38. The molecule has 0 saturated heterocycles. The number of hydrogen-bond donors (Lipinski definition) is 1. The number of nitriles is 1. The highest BCUT2D eigenvalue weighted by Gasteiger charge is 2.15. The second-order valence-corrected chi connectivity index (χ2v) is 6.79. The second kappa shape index (κ2) is 10.1. The van der Waals surface area contributed by atoms with Gasteiger partial charge in [-0.15, -0.1) is 6.58 Å². The quantitative estimate of drug-likeness (QED) is 0.337. The van der Waals surface area contributed by atoms with Gasteiger partial charge < -0.3 is 10.1 Å². The minimum atomic E-state index is -0.455. The minimum Gasteiger partial charge on any atom is -0.494 e. The number of hydrogen-bond acceptors (Lipinski definition) is 4. The molecule has 0 unspecified atom stereocenters. The number of nitrogens with zero attached hydrogens (tertiary/aromatic N) is 3. The monoisotopic (exact) mass is 412 g/mol. The second-order valence-electron chi connectivity index (χ2n) is 6.79. The normalized spacial score (nSPS) is 10.9. The molecule has 0 fully saturated rings. The molecule has 0 aliphatic carbocycles. The summed E-state index contributed by atoms with van der Waals surface area (Å²) in [6, 6.07) is 17.5. The number of benzene rings is 2. The summed E-state index contributed by atoms with van der Waals surface area (Å²) >= 11 is 0. The molecule has 3 rings (SSSR count). The van der Waals surface area contributed by atoms with Crippen LogP contribution in [-0.2, 0) is 4.79 Å². The fraction of sp³-hybridized carbons (Fsp3) is 0.160. The molecule has 0 atom stereocenters. The van der Waals surface area contributed by atoms with Crippen molar-refractivity contribution in [3.8, 4) is 28.8 Å². The molecule has 156 valence electrons. The molecule has 1 heterocycles. The smallest absolute Gasteiger partial charge is 0.262 e. The molecule has 0 saturated carbocycles. The number of amides is 1. The summed E-state index contributed by atoms with van der Waals surface area (Å²) in [6.07, 6.45) is 4.94. The Hall–Kier alpha value is -4.11. The van der Waals surface area contributed by atoms with E-state index >= 15 is 0 Å². The van der Waals surface area contributed by atoms with Crippen LogP contribution < -0.4 is 10.1 Å². The summed E-state index contributed by atoms with van der Waals surface area (Å²) in [5.74, 6) is 0.357. The highest BCUT2D eigenvalue weighted by Crippen LogP contribution is 2.29. The Bertz CT molecular complexity index is 1150. The fourth-order valence-electron chi connectivity index (χ4n) is 3.11. The van der Waals surface area contributed by atoms with Crippen LogP contribution in [0.5, 0.6) is 5.75 Å². The number of carbonyl (C=O) groups is 1. The number of aromatic nitrogens is 2. The van der Waals surface area contributed by atoms with Gasteiger partial charge >= 0.3 is 0 Å². The predicted molar refractivity (Wildman–Crippen MR) is 122 cm³/mol. The van der Waals surface area contributed by atoms with Crippen molar-refractivity contribution in [3.63, 3.8) is 0 Å². The molecule has 0 spiro atoms. The van der Waals surface area contributed by atoms with E-state index in [0.29, 0.717) is 17.9 Å². The molecule has 0 aliphatic heterocycles. The Morgan fingerprint density at radius 3 is 2.71 bits per heavy atom. The van der Waals surface area contributed by atoms with Crippen LogP contribution >= 0.6 is 0 Å². The van der Waals surface area contributed by atoms with Crippen LogP contribution in [0.1, 0.15) is 18.1 Å². The van der Waals surface area contributed by atoms with Crippen LogP contribution in [0.15, 0.2) is 73.0 Å². The Morgan fingerprint density at radius 2 is 2.06 bits per heavy atom. The SMILES string of the molecule is C=CCNC(=O)/C(C#N)=C\c1cn(-c2ccccc2)nc1-c1ccc(OCC)c(C)c1. The van der Waals surface area contributed by atoms with E-state index in [9.17, 15) is 10.1 Å². The minimum absolute atomic E-state index is 0.00151. The molecule has 2 aromatic carbocycles. The molecule has 0 aliphatic rings. The molecule has 6 heteroatoms. The number of aryl methyl sites for hydroxylation is 1. The van der Waals surface area contributed by atoms with Gasteiger partial charge in [0.2, 0.25) is 0 Å². The van der Waals surface area contributed by atoms with E-state index in [4.69, 9.17) is 9.84 Å². The van der Waals surface area contributed by atoms with Crippen molar-refractivity contribution in [2.24, 2.45) is 0 Å². The van der Waals surface area contributed by atoms with Gasteiger partial charge in [-0.25, -0.2) is 4.68 Å². The Kier molecular flexibility index (Phi) is 7.02. The highest BCUT2D eigenvalue weighted by molar-refractivity contribution is 6.02. The van der Waals surface area contributed by atoms with Crippen molar-refractivity contribution >= 4 is 12.0 Å². The predicted octanol–water partition coefficient (Wildman–Crippen LogP) is 4.46. The number of rotatable bonds is 8. The van der Waals surface area contributed by atoms with E-state index in [0.717, 1.165) is 22.6 Å². The average Bonchev–Trinajstić information content (AvgIpc) is 3.21. The van der Waals surface area contributed by atoms with Gasteiger partial charge in [-0.1, -0.05) is 24.3 Å². The van der Waals surface area contributed by atoms with Crippen LogP contribution in [0.4, 0.5) is 0 Å². The van der Waals surface area contributed by atoms with Crippen molar-refractivity contribution in [1.82, 2.24) is 15.1 Å². The summed E-state index contributed by atoms with van der Waals surface area (Å²) in [7, 11) is 0. The third kappa shape index (κ3) is 5.09. The lowest BCUT2D eigenvalue weighted by Gasteiger charge is -2.08. The van der Waals surface area contributed by atoms with Crippen LogP contribution in [0, 0.1) is 18.3 Å². The van der Waals surface area contributed by atoms with Crippen molar-refractivity contribution in [3.05, 3.63) is 84.1 Å². The summed E-state index contributed by atoms with van der Waals surface area (Å²) in [5.41, 5.74) is 4.05. The third-order valence-electron chi connectivity index (χ3n) is 4.58. The standard InChI is InChI=1S/C25H24N4O2/c1-4-13-27-25(30)20(16-26)15-21-17-29(22-9-7-6-8-10-22)28-24(21)19-11-12-23(31-5-2)18(3)14-19/h4,6-12,14-15,17H,1,5,13H2,2-3H3,(H,27,30)/b20-15-. The lowest BCUT2D eigenvalue weighted by molar-refractivity contribution is -0.116. The lowest BCUT2D eigenvalue weighted by atomic mass is 10.0. The van der Waals surface area contributed by atoms with Crippen LogP contribution in [-0.4, -0.2) is 28.8 Å². The Labute approximate surface area is 182 Å². The molecule has 3 aromatic rings. The Balaban J connectivity index is 2.11. The van der Waals surface area contributed by atoms with Crippen LogP contribution in [0.25, 0.3) is 23.0 Å². The van der Waals surface area contributed by atoms with Crippen molar-refractivity contribution in [2.45, 2.75) is 13.8 Å². The molecule has 0 radical (unpaired) electrons. The summed E-state index contributed by atoms with van der Waals surface area (Å²) in [4.78, 5) is 12.3. The van der Waals surface area contributed by atoms with Crippen molar-refractivity contribution < 1.29 is 9.53 Å². The van der Waals surface area contributed by atoms with E-state index < -0.39 is 5.91 Å². The maximum atomic E-state index is 12.3. The lowest BCUT2D eigenvalue weighted by Crippen LogP contribution is -2.24. The van der Waals surface area contributed by atoms with Gasteiger partial charge in [-0.05, 0) is 55.8 Å². The molecule has 31 heavy (non-hydrogen) atoms. The number of ether oxygens (including phenoxy) is 1. The molecular formula is C25H24N4O2. The van der Waals surface area contributed by atoms with Gasteiger partial charge in [0.05, 0.1) is 12.3 Å². The maximum Gasteiger partial charge on any atom is 0.262 e. The highest BCUT2D eigenvalue weighted by atomic mass is 16.5. The van der Waals surface area contributed by atoms with Crippen molar-refractivity contribution in [2.75, 3.05) is 13.2 Å². The molecule has 0 bridgehead atoms. The zero-order valence-electron chi connectivity index (χ0n) is 17.6. The Morgan fingerprint density at radius 1 is 1.29 bits per heavy atom. The number of nitrogens with one attached hydrogen (secondary N) is 1. The summed E-state index contributed by atoms with van der Waals surface area (Å²) in [5, 5.41) is 16.9. The largest absolute Gasteiger partial charge is 0.494 e. The van der Waals surface area contributed by atoms with E-state index in [2.05, 4.69) is 11.9 Å². The molecule has 1 amide bonds. The van der Waals surface area contributed by atoms with Gasteiger partial charge in [0.25, 0.3) is 5.91 Å². The van der Waals surface area contributed by atoms with Gasteiger partial charge in [-0.2, -0.15) is 10.4 Å². The van der Waals surface area contributed by atoms with Gasteiger partial charge in [0, 0.05) is 23.9 Å². The maximum absolute atomic E-state index is 12.3. The van der Waals surface area contributed by atoms with Crippen LogP contribution in [0.2, 0.25) is 0 Å². The van der Waals surface area contributed by atoms with Gasteiger partial charge in [-0.3, -0.25) is 4.79 Å². The first-order valence-corrected chi connectivity index (χ1v) is 9.97. The third-order valence-corrected chi connectivity index (χ3v) is 4.58. The van der Waals surface area contributed by atoms with Gasteiger partial charge in [0.15, 0.2) is 0 Å². The topological polar surface area (TPSA) is 79.9 Å². The molecular weight excluding hydrogens is 388 g/mol.